The molecule has 0 spiro atoms. The monoisotopic (exact) mass is 1580 g/mol. The van der Waals surface area contributed by atoms with Crippen LogP contribution in [0.25, 0.3) is 44.9 Å². The van der Waals surface area contributed by atoms with Crippen molar-refractivity contribution in [1.82, 2.24) is 113 Å². The third-order valence-corrected chi connectivity index (χ3v) is 20.2. The van der Waals surface area contributed by atoms with E-state index in [1.807, 2.05) is 55.9 Å². The molecular formula is C66H88BClI2N26O2. The second-order valence-corrected chi connectivity index (χ2v) is 29.1. The Kier molecular flexibility index (Phi) is 22.5. The molecule has 4 N–H and O–H groups in total. The number of hydrogen-bond acceptors (Lipinski definition) is 22. The topological polar surface area (TPSA) is 317 Å². The van der Waals surface area contributed by atoms with Crippen molar-refractivity contribution in [1.29, 1.82) is 0 Å². The third kappa shape index (κ3) is 15.5. The summed E-state index contributed by atoms with van der Waals surface area (Å²) in [5.74, 6) is 10.0. The number of rotatable bonds is 12. The lowest BCUT2D eigenvalue weighted by Crippen LogP contribution is -2.41. The van der Waals surface area contributed by atoms with Crippen LogP contribution in [-0.4, -0.2) is 149 Å². The molecule has 0 radical (unpaired) electrons. The molecule has 3 unspecified atom stereocenters. The van der Waals surface area contributed by atoms with Crippen molar-refractivity contribution in [3.05, 3.63) is 115 Å². The molecular weight excluding hydrogens is 1490 g/mol. The number of fused-ring (bicyclic) bond motifs is 6. The summed E-state index contributed by atoms with van der Waals surface area (Å²) in [5, 5.41) is 33.4. The quantitative estimate of drug-likeness (QED) is 0.0443. The maximum absolute atomic E-state index is 5.93. The fourth-order valence-corrected chi connectivity index (χ4v) is 14.0. The second-order valence-electron chi connectivity index (χ2n) is 26.8. The molecule has 1 fully saturated rings. The molecule has 32 heteroatoms. The van der Waals surface area contributed by atoms with Crippen LogP contribution in [0.15, 0.2) is 55.6 Å². The highest BCUT2D eigenvalue weighted by atomic mass is 127. The largest absolute Gasteiger partial charge is 0.496 e. The van der Waals surface area contributed by atoms with Gasteiger partial charge in [0, 0.05) is 174 Å². The Hall–Kier alpha value is -7.34. The van der Waals surface area contributed by atoms with E-state index < -0.39 is 0 Å². The molecule has 0 bridgehead atoms. The Morgan fingerprint density at radius 1 is 0.541 bits per heavy atom. The van der Waals surface area contributed by atoms with Gasteiger partial charge in [0.2, 0.25) is 0 Å². The zero-order chi connectivity index (χ0) is 69.9. The molecule has 28 nitrogen and oxygen atoms in total. The Bertz CT molecular complexity index is 4520. The summed E-state index contributed by atoms with van der Waals surface area (Å²) < 4.78 is 26.6. The summed E-state index contributed by atoms with van der Waals surface area (Å²) in [6.45, 7) is 36.3. The number of halogens is 3. The average Bonchev–Trinajstić information content (AvgIpc) is 1.53. The van der Waals surface area contributed by atoms with Crippen LogP contribution in [0.5, 0.6) is 0 Å². The van der Waals surface area contributed by atoms with Gasteiger partial charge in [0.15, 0.2) is 52.4 Å². The van der Waals surface area contributed by atoms with Crippen LogP contribution in [0.2, 0.25) is 5.15 Å². The van der Waals surface area contributed by atoms with E-state index in [2.05, 4.69) is 248 Å². The number of nitrogens with one attached hydrogen (secondary N) is 2. The summed E-state index contributed by atoms with van der Waals surface area (Å²) in [6, 6.07) is 8.83. The van der Waals surface area contributed by atoms with E-state index in [9.17, 15) is 0 Å². The number of hydrogen-bond donors (Lipinski definition) is 3. The van der Waals surface area contributed by atoms with Gasteiger partial charge in [-0.3, -0.25) is 9.97 Å². The van der Waals surface area contributed by atoms with Gasteiger partial charge in [-0.15, -0.1) is 30.6 Å². The van der Waals surface area contributed by atoms with E-state index in [1.165, 1.54) is 6.33 Å². The van der Waals surface area contributed by atoms with Crippen molar-refractivity contribution < 1.29 is 9.31 Å². The zero-order valence-electron chi connectivity index (χ0n) is 58.5. The fourth-order valence-electron chi connectivity index (χ4n) is 12.2. The maximum atomic E-state index is 5.93. The smallest absolute Gasteiger partial charge is 0.399 e. The molecule has 4 aliphatic rings. The lowest BCUT2D eigenvalue weighted by molar-refractivity contribution is 0.00578. The van der Waals surface area contributed by atoms with Crippen LogP contribution in [-0.2, 0) is 67.8 Å². The van der Waals surface area contributed by atoms with Gasteiger partial charge in [-0.05, 0) is 99.8 Å². The van der Waals surface area contributed by atoms with E-state index in [0.29, 0.717) is 28.4 Å². The number of nitrogens with zero attached hydrogens (tertiary/aromatic N) is 23. The molecule has 15 rings (SSSR count). The van der Waals surface area contributed by atoms with Gasteiger partial charge in [-0.2, -0.15) is 0 Å². The summed E-state index contributed by atoms with van der Waals surface area (Å²) >= 11 is 10.3. The van der Waals surface area contributed by atoms with E-state index in [1.54, 1.807) is 12.7 Å². The highest BCUT2D eigenvalue weighted by Crippen LogP contribution is 2.37. The standard InChI is InChI=1S/C22H27N9.C16H21IN8.C12H18BNO2.C9H16N4.C7H6ClIN4/c1-5-30-21(15-7-6-14(4)23-10-15)27-18-19(24-12-25-22(18)30)26-16-8-9-17-28-29-20(13(2)3)31(17)11-16;1-4-24-15-12(21-16(24)17)13(18-8-19-15)20-10-5-6-11-22-23-14(9(2)3)25(11)7-10;1-9-6-7-10(8-14-9)13-15-11(2,3)12(4,5)16-13;1-6(2)9-12-11-8-4-3-7(10)5-13(8)9;1-2-13-6-4(12-7(13)9)5(8)10-3-11-6/h6-7,10,12-13,16H,5,8-9,11H2,1-4H3,(H,24,25,26);8-10H,4-7H2,1-3H3,(H,18,19,20);6-8H,1-5H3;6-7H,3-5,10H2,1-2H3;3H,2H2,1H3. The fraction of sp³-hybridized carbons (Fsp3) is 0.530. The molecule has 11 aromatic rings. The van der Waals surface area contributed by atoms with Gasteiger partial charge < -0.3 is 53.1 Å². The molecule has 0 aliphatic carbocycles. The molecule has 1 saturated heterocycles. The molecule has 15 heterocycles. The van der Waals surface area contributed by atoms with Crippen molar-refractivity contribution in [3.63, 3.8) is 0 Å². The van der Waals surface area contributed by atoms with Gasteiger partial charge in [-0.25, -0.2) is 44.9 Å². The van der Waals surface area contributed by atoms with Crippen molar-refractivity contribution in [2.24, 2.45) is 5.73 Å². The highest BCUT2D eigenvalue weighted by Gasteiger charge is 2.52. The van der Waals surface area contributed by atoms with Gasteiger partial charge >= 0.3 is 7.12 Å². The first kappa shape index (κ1) is 71.9. The number of aryl methyl sites for hydroxylation is 8. The first-order chi connectivity index (χ1) is 46.9. The second kappa shape index (κ2) is 30.6. The summed E-state index contributed by atoms with van der Waals surface area (Å²) in [4.78, 5) is 48.5. The Morgan fingerprint density at radius 3 is 1.43 bits per heavy atom. The van der Waals surface area contributed by atoms with Gasteiger partial charge in [-0.1, -0.05) is 59.2 Å². The van der Waals surface area contributed by atoms with Crippen LogP contribution in [0.1, 0.15) is 173 Å². The summed E-state index contributed by atoms with van der Waals surface area (Å²) in [7, 11) is -0.307. The first-order valence-corrected chi connectivity index (χ1v) is 36.3. The summed E-state index contributed by atoms with van der Waals surface area (Å²) in [6.07, 6.45) is 14.2. The van der Waals surface area contributed by atoms with E-state index in [4.69, 9.17) is 31.6 Å². The van der Waals surface area contributed by atoms with Crippen LogP contribution in [0, 0.1) is 21.5 Å². The normalized spacial score (nSPS) is 17.5. The van der Waals surface area contributed by atoms with E-state index in [-0.39, 0.29) is 36.4 Å². The van der Waals surface area contributed by atoms with Crippen LogP contribution in [0.4, 0.5) is 11.6 Å². The lowest BCUT2D eigenvalue weighted by atomic mass is 9.80. The lowest BCUT2D eigenvalue weighted by Gasteiger charge is -2.32. The van der Waals surface area contributed by atoms with E-state index in [0.717, 1.165) is 188 Å². The molecule has 0 amide bonds. The minimum atomic E-state index is -0.307. The average molecular weight is 1580 g/mol. The SMILES string of the molecule is CC(C)c1nnc2n1CC(N)CC2.CCn1c(-c2ccc(C)nc2)nc2c(NC3CCc4nnc(C(C)C)n4C3)ncnc21.CCn1c(I)nc2c(Cl)ncnc21.CCn1c(I)nc2c(NC3CCc4nnc(C(C)C)n4C3)ncnc21.Cc1ccc(B2OC(C)(C)C(C)(C)O2)cn1. The van der Waals surface area contributed by atoms with Crippen molar-refractivity contribution in [2.45, 2.75) is 229 Å². The van der Waals surface area contributed by atoms with Gasteiger partial charge in [0.25, 0.3) is 0 Å². The minimum Gasteiger partial charge on any atom is -0.399 e. The van der Waals surface area contributed by atoms with Crippen LogP contribution >= 0.6 is 56.8 Å². The first-order valence-electron chi connectivity index (χ1n) is 33.7. The third-order valence-electron chi connectivity index (χ3n) is 18.2. The zero-order valence-corrected chi connectivity index (χ0v) is 63.6. The van der Waals surface area contributed by atoms with Crippen LogP contribution in [0.3, 0.4) is 0 Å². The number of nitrogens with two attached hydrogens (primary N) is 1. The van der Waals surface area contributed by atoms with Gasteiger partial charge in [0.1, 0.15) is 65.3 Å². The molecule has 4 aliphatic heterocycles. The number of imidazole rings is 3. The predicted octanol–water partition coefficient (Wildman–Crippen LogP) is 10.4. The van der Waals surface area contributed by atoms with Crippen molar-refractivity contribution >= 4 is 114 Å². The molecule has 518 valence electrons. The van der Waals surface area contributed by atoms with E-state index >= 15 is 0 Å². The Labute approximate surface area is 603 Å². The molecule has 98 heavy (non-hydrogen) atoms. The molecule has 0 aromatic carbocycles. The maximum Gasteiger partial charge on any atom is 0.496 e. The molecule has 0 saturated carbocycles. The highest BCUT2D eigenvalue weighted by molar-refractivity contribution is 14.1. The summed E-state index contributed by atoms with van der Waals surface area (Å²) in [5.41, 5.74) is 14.1. The van der Waals surface area contributed by atoms with Crippen molar-refractivity contribution in [3.8, 4) is 11.4 Å². The van der Waals surface area contributed by atoms with Crippen molar-refractivity contribution in [2.75, 3.05) is 10.6 Å². The number of pyridine rings is 2. The Balaban J connectivity index is 0.000000130. The predicted molar refractivity (Wildman–Crippen MR) is 396 cm³/mol. The molecule has 11 aromatic heterocycles. The van der Waals surface area contributed by atoms with Crippen LogP contribution < -0.4 is 21.8 Å². The Morgan fingerprint density at radius 2 is 0.969 bits per heavy atom. The number of aromatic nitrogens is 23. The van der Waals surface area contributed by atoms with Gasteiger partial charge in [0.05, 0.1) is 11.2 Å². The number of anilines is 2. The molecule has 3 atom stereocenters. The minimum absolute atomic E-state index is 0.232.